The molecule has 1 amide bonds. The van der Waals surface area contributed by atoms with Gasteiger partial charge in [0.15, 0.2) is 0 Å². The second-order valence-electron chi connectivity index (χ2n) is 3.56. The van der Waals surface area contributed by atoms with Gasteiger partial charge in [0, 0.05) is 6.42 Å². The summed E-state index contributed by atoms with van der Waals surface area (Å²) in [6, 6.07) is 0.136. The van der Waals surface area contributed by atoms with E-state index in [9.17, 15) is 9.59 Å². The summed E-state index contributed by atoms with van der Waals surface area (Å²) in [5.41, 5.74) is 0. The fourth-order valence-electron chi connectivity index (χ4n) is 1.56. The zero-order valence-corrected chi connectivity index (χ0v) is 11.8. The van der Waals surface area contributed by atoms with E-state index < -0.39 is 5.97 Å². The fraction of sp³-hybridized carbons (Fsp3) is 0.700. The van der Waals surface area contributed by atoms with Crippen molar-refractivity contribution in [3.63, 3.8) is 0 Å². The van der Waals surface area contributed by atoms with Crippen molar-refractivity contribution in [1.29, 1.82) is 0 Å². The van der Waals surface area contributed by atoms with Crippen molar-refractivity contribution in [3.8, 4) is 0 Å². The van der Waals surface area contributed by atoms with Crippen LogP contribution in [0, 0.1) is 6.42 Å². The van der Waals surface area contributed by atoms with Gasteiger partial charge in [-0.2, -0.15) is 18.2 Å². The number of rotatable bonds is 7. The van der Waals surface area contributed by atoms with Crippen LogP contribution in [-0.2, 0) is 30.7 Å². The molecule has 1 aliphatic rings. The van der Waals surface area contributed by atoms with Gasteiger partial charge in [0.1, 0.15) is 0 Å². The molecular weight excluding hydrogens is 409 g/mol. The Balaban J connectivity index is 0.00000225. The number of carboxylic acids is 1. The first-order valence-corrected chi connectivity index (χ1v) is 6.08. The Morgan fingerprint density at radius 2 is 2.31 bits per heavy atom. The smallest absolute Gasteiger partial charge is 0.551 e. The molecule has 0 bridgehead atoms. The molecule has 2 atom stereocenters. The molecule has 6 heteroatoms. The summed E-state index contributed by atoms with van der Waals surface area (Å²) in [5, 5.41) is 11.5. The Hall–Kier alpha value is -0.0217. The molecule has 0 unspecified atom stereocenters. The molecule has 16 heavy (non-hydrogen) atoms. The topological polar surface area (TPSA) is 66.4 Å². The summed E-state index contributed by atoms with van der Waals surface area (Å²) in [5.74, 6) is 0.173. The average Bonchev–Trinajstić information content (AvgIpc) is 2.61. The minimum absolute atomic E-state index is 0. The minimum Gasteiger partial charge on any atom is -0.551 e. The standard InChI is InChI=1S/C10H15NO3S.Pt/c12-7-11-8-5-9(15-6-8)3-1-2-4-10(13)14;/h5,8-9H,1-4,6H2,(H,11,12)(H,13,14);/q-2;+2/t8-,9+;/m0./s1. The zero-order valence-electron chi connectivity index (χ0n) is 8.76. The van der Waals surface area contributed by atoms with Crippen LogP contribution in [0.5, 0.6) is 0 Å². The first-order chi connectivity index (χ1) is 7.22. The van der Waals surface area contributed by atoms with E-state index >= 15 is 0 Å². The van der Waals surface area contributed by atoms with Gasteiger partial charge in [0.05, 0.1) is 0 Å². The molecule has 0 aromatic rings. The minimum atomic E-state index is -0.729. The van der Waals surface area contributed by atoms with Crippen molar-refractivity contribution >= 4 is 24.1 Å². The van der Waals surface area contributed by atoms with E-state index in [4.69, 9.17) is 5.11 Å². The van der Waals surface area contributed by atoms with E-state index in [2.05, 4.69) is 11.7 Å². The number of thioether (sulfide) groups is 1. The van der Waals surface area contributed by atoms with Gasteiger partial charge in [-0.05, 0) is 12.2 Å². The first kappa shape index (κ1) is 16.0. The largest absolute Gasteiger partial charge is 2.00 e. The van der Waals surface area contributed by atoms with Crippen LogP contribution in [-0.4, -0.2) is 34.5 Å². The van der Waals surface area contributed by atoms with Crippen molar-refractivity contribution in [2.45, 2.75) is 37.0 Å². The molecule has 1 saturated heterocycles. The normalized spacial score (nSPS) is 23.5. The van der Waals surface area contributed by atoms with Gasteiger partial charge in [0.25, 0.3) is 0 Å². The van der Waals surface area contributed by atoms with Crippen molar-refractivity contribution in [2.24, 2.45) is 0 Å². The van der Waals surface area contributed by atoms with E-state index in [1.165, 1.54) is 0 Å². The third-order valence-corrected chi connectivity index (χ3v) is 3.68. The number of amides is 1. The third kappa shape index (κ3) is 6.54. The molecular formula is C10H15NO3PtS. The van der Waals surface area contributed by atoms with Crippen molar-refractivity contribution < 1.29 is 35.8 Å². The van der Waals surface area contributed by atoms with Crippen LogP contribution in [0.15, 0.2) is 0 Å². The molecule has 0 spiro atoms. The summed E-state index contributed by atoms with van der Waals surface area (Å²) in [7, 11) is 0. The summed E-state index contributed by atoms with van der Waals surface area (Å²) >= 11 is 1.80. The first-order valence-electron chi connectivity index (χ1n) is 5.03. The Kier molecular flexibility index (Phi) is 9.04. The molecule has 1 rings (SSSR count). The molecule has 94 valence electrons. The number of hydrogen-bond donors (Lipinski definition) is 2. The van der Waals surface area contributed by atoms with Gasteiger partial charge in [-0.25, -0.2) is 0 Å². The van der Waals surface area contributed by atoms with E-state index in [0.29, 0.717) is 5.25 Å². The second kappa shape index (κ2) is 9.05. The molecule has 0 aromatic carbocycles. The summed E-state index contributed by atoms with van der Waals surface area (Å²) in [4.78, 5) is 20.3. The summed E-state index contributed by atoms with van der Waals surface area (Å²) in [6.07, 6.45) is 6.71. The van der Waals surface area contributed by atoms with Crippen molar-refractivity contribution in [3.05, 3.63) is 6.42 Å². The van der Waals surface area contributed by atoms with Gasteiger partial charge in [-0.15, -0.1) is 11.3 Å². The fourth-order valence-corrected chi connectivity index (χ4v) is 2.85. The predicted molar refractivity (Wildman–Crippen MR) is 59.3 cm³/mol. The molecule has 4 nitrogen and oxygen atoms in total. The average molecular weight is 424 g/mol. The molecule has 1 aliphatic heterocycles. The Bertz CT molecular complexity index is 228. The van der Waals surface area contributed by atoms with Crippen LogP contribution in [0.25, 0.3) is 0 Å². The van der Waals surface area contributed by atoms with E-state index in [0.717, 1.165) is 25.0 Å². The van der Waals surface area contributed by atoms with E-state index in [-0.39, 0.29) is 33.5 Å². The molecule has 0 saturated carbocycles. The van der Waals surface area contributed by atoms with E-state index in [1.54, 1.807) is 18.2 Å². The van der Waals surface area contributed by atoms with Gasteiger partial charge in [-0.1, -0.05) is 12.8 Å². The zero-order chi connectivity index (χ0) is 11.1. The van der Waals surface area contributed by atoms with Crippen molar-refractivity contribution in [1.82, 2.24) is 5.32 Å². The Morgan fingerprint density at radius 1 is 1.56 bits per heavy atom. The molecule has 0 aromatic heterocycles. The molecule has 2 N–H and O–H groups in total. The SMILES string of the molecule is O=[C-]N[C@H]1[CH-][C@@H](CCCCC(=O)O)SC1.[Pt+2]. The van der Waals surface area contributed by atoms with Gasteiger partial charge >= 0.3 is 27.0 Å². The van der Waals surface area contributed by atoms with Crippen molar-refractivity contribution in [2.75, 3.05) is 5.75 Å². The number of carbonyl (C=O) groups is 1. The molecule has 1 heterocycles. The van der Waals surface area contributed by atoms with Crippen LogP contribution in [0.4, 0.5) is 0 Å². The second-order valence-corrected chi connectivity index (χ2v) is 4.83. The van der Waals surface area contributed by atoms with Crippen LogP contribution in [0.2, 0.25) is 0 Å². The van der Waals surface area contributed by atoms with Crippen LogP contribution < -0.4 is 5.32 Å². The van der Waals surface area contributed by atoms with Crippen LogP contribution in [0.1, 0.15) is 25.7 Å². The van der Waals surface area contributed by atoms with Crippen LogP contribution in [0.3, 0.4) is 0 Å². The predicted octanol–water partition coefficient (Wildman–Crippen LogP) is 0.974. The molecule has 0 radical (unpaired) electrons. The monoisotopic (exact) mass is 424 g/mol. The molecule has 1 fully saturated rings. The maximum absolute atomic E-state index is 10.3. The van der Waals surface area contributed by atoms with Gasteiger partial charge < -0.3 is 15.2 Å². The quantitative estimate of drug-likeness (QED) is 0.363. The number of aliphatic carboxylic acids is 1. The Morgan fingerprint density at radius 3 is 2.94 bits per heavy atom. The van der Waals surface area contributed by atoms with E-state index in [1.807, 2.05) is 0 Å². The maximum atomic E-state index is 10.3. The summed E-state index contributed by atoms with van der Waals surface area (Å²) < 4.78 is 0. The number of unbranched alkanes of at least 4 members (excludes halogenated alkanes) is 1. The van der Waals surface area contributed by atoms with Gasteiger partial charge in [0.2, 0.25) is 0 Å². The molecule has 0 aliphatic carbocycles. The van der Waals surface area contributed by atoms with Crippen LogP contribution >= 0.6 is 11.8 Å². The number of carboxylic acid groups (broad SMARTS) is 1. The van der Waals surface area contributed by atoms with Gasteiger partial charge in [-0.3, -0.25) is 11.2 Å². The number of carbonyl (C=O) groups excluding carboxylic acids is 1. The Labute approximate surface area is 114 Å². The third-order valence-electron chi connectivity index (χ3n) is 2.31. The maximum Gasteiger partial charge on any atom is 2.00 e. The summed E-state index contributed by atoms with van der Waals surface area (Å²) in [6.45, 7) is 0. The number of hydrogen-bond acceptors (Lipinski definition) is 3. The number of nitrogens with one attached hydrogen (secondary N) is 1.